The van der Waals surface area contributed by atoms with Gasteiger partial charge >= 0.3 is 5.97 Å². The van der Waals surface area contributed by atoms with Crippen molar-refractivity contribution < 1.29 is 9.90 Å². The van der Waals surface area contributed by atoms with Crippen LogP contribution in [0.2, 0.25) is 0 Å². The summed E-state index contributed by atoms with van der Waals surface area (Å²) in [4.78, 5) is 10.4. The van der Waals surface area contributed by atoms with Crippen LogP contribution in [0.25, 0.3) is 0 Å². The van der Waals surface area contributed by atoms with Gasteiger partial charge in [0.25, 0.3) is 0 Å². The van der Waals surface area contributed by atoms with Crippen LogP contribution in [0.15, 0.2) is 30.3 Å². The molecule has 0 aliphatic heterocycles. The Morgan fingerprint density at radius 3 is 2.70 bits per heavy atom. The number of carboxylic acids is 1. The number of hydrogen-bond donors (Lipinski definition) is 1. The molecule has 0 atom stereocenters. The van der Waals surface area contributed by atoms with Gasteiger partial charge in [0.2, 0.25) is 0 Å². The van der Waals surface area contributed by atoms with Gasteiger partial charge in [-0.2, -0.15) is 0 Å². The summed E-state index contributed by atoms with van der Waals surface area (Å²) in [6.45, 7) is 0.731. The minimum atomic E-state index is -0.739. The quantitative estimate of drug-likeness (QED) is 0.744. The molecule has 6 heteroatoms. The average Bonchev–Trinajstić information content (AvgIpc) is 2.87. The van der Waals surface area contributed by atoms with E-state index in [1.54, 1.807) is 4.68 Å². The number of aliphatic carboxylic acids is 1. The lowest BCUT2D eigenvalue weighted by molar-refractivity contribution is -0.137. The second-order valence-corrected chi connectivity index (χ2v) is 4.69. The van der Waals surface area contributed by atoms with Crippen molar-refractivity contribution in [1.29, 1.82) is 0 Å². The molecule has 1 aromatic carbocycles. The number of carbonyl (C=O) groups is 1. The Morgan fingerprint density at radius 1 is 1.15 bits per heavy atom. The monoisotopic (exact) mass is 274 g/mol. The van der Waals surface area contributed by atoms with E-state index in [-0.39, 0.29) is 6.42 Å². The first-order valence-electron chi connectivity index (χ1n) is 6.76. The Bertz CT molecular complexity index is 539. The number of benzene rings is 1. The number of aromatic nitrogens is 4. The highest BCUT2D eigenvalue weighted by atomic mass is 16.4. The number of aryl methyl sites for hydroxylation is 1. The van der Waals surface area contributed by atoms with Gasteiger partial charge in [0.1, 0.15) is 0 Å². The maximum atomic E-state index is 10.4. The van der Waals surface area contributed by atoms with Crippen molar-refractivity contribution in [2.45, 2.75) is 38.6 Å². The van der Waals surface area contributed by atoms with Crippen LogP contribution in [0.1, 0.15) is 37.1 Å². The topological polar surface area (TPSA) is 80.9 Å². The molecule has 0 unspecified atom stereocenters. The number of nitrogens with zero attached hydrogens (tertiary/aromatic N) is 4. The zero-order valence-corrected chi connectivity index (χ0v) is 11.3. The first-order chi connectivity index (χ1) is 9.75. The van der Waals surface area contributed by atoms with Crippen molar-refractivity contribution in [2.75, 3.05) is 0 Å². The normalized spacial score (nSPS) is 10.6. The summed E-state index contributed by atoms with van der Waals surface area (Å²) in [6.07, 6.45) is 3.40. The molecule has 6 nitrogen and oxygen atoms in total. The number of unbranched alkanes of at least 4 members (excludes halogenated alkanes) is 2. The van der Waals surface area contributed by atoms with Crippen LogP contribution in [0.3, 0.4) is 0 Å². The zero-order valence-electron chi connectivity index (χ0n) is 11.3. The largest absolute Gasteiger partial charge is 0.481 e. The maximum absolute atomic E-state index is 10.4. The van der Waals surface area contributed by atoms with E-state index >= 15 is 0 Å². The third kappa shape index (κ3) is 4.46. The van der Waals surface area contributed by atoms with Crippen LogP contribution in [-0.2, 0) is 17.8 Å². The Labute approximate surface area is 117 Å². The van der Waals surface area contributed by atoms with Gasteiger partial charge in [-0.05, 0) is 28.8 Å². The van der Waals surface area contributed by atoms with Crippen molar-refractivity contribution in [3.8, 4) is 0 Å². The van der Waals surface area contributed by atoms with Crippen LogP contribution in [0.5, 0.6) is 0 Å². The maximum Gasteiger partial charge on any atom is 0.303 e. The van der Waals surface area contributed by atoms with Crippen molar-refractivity contribution in [3.05, 3.63) is 41.7 Å². The van der Waals surface area contributed by atoms with Crippen molar-refractivity contribution in [1.82, 2.24) is 20.2 Å². The van der Waals surface area contributed by atoms with E-state index in [9.17, 15) is 4.79 Å². The summed E-state index contributed by atoms with van der Waals surface area (Å²) >= 11 is 0. The molecule has 106 valence electrons. The summed E-state index contributed by atoms with van der Waals surface area (Å²) < 4.78 is 1.80. The Balaban J connectivity index is 1.81. The van der Waals surface area contributed by atoms with Crippen molar-refractivity contribution >= 4 is 5.97 Å². The third-order valence-electron chi connectivity index (χ3n) is 3.07. The fraction of sp³-hybridized carbons (Fsp3) is 0.429. The minimum Gasteiger partial charge on any atom is -0.481 e. The molecule has 0 saturated heterocycles. The predicted octanol–water partition coefficient (Wildman–Crippen LogP) is 1.91. The van der Waals surface area contributed by atoms with Crippen LogP contribution < -0.4 is 0 Å². The van der Waals surface area contributed by atoms with Crippen molar-refractivity contribution in [2.24, 2.45) is 0 Å². The molecule has 2 rings (SSSR count). The van der Waals surface area contributed by atoms with Crippen LogP contribution in [0.4, 0.5) is 0 Å². The van der Waals surface area contributed by atoms with E-state index in [0.29, 0.717) is 12.8 Å². The molecule has 0 fully saturated rings. The SMILES string of the molecule is O=C(O)CCCCCn1nnnc1Cc1ccccc1. The summed E-state index contributed by atoms with van der Waals surface area (Å²) in [7, 11) is 0. The van der Waals surface area contributed by atoms with Gasteiger partial charge in [-0.1, -0.05) is 36.8 Å². The second kappa shape index (κ2) is 7.37. The van der Waals surface area contributed by atoms with E-state index in [0.717, 1.165) is 25.2 Å². The molecule has 1 aromatic heterocycles. The molecule has 1 N–H and O–H groups in total. The molecule has 0 saturated carbocycles. The number of carboxylic acid groups (broad SMARTS) is 1. The van der Waals surface area contributed by atoms with Gasteiger partial charge in [-0.15, -0.1) is 5.10 Å². The lowest BCUT2D eigenvalue weighted by Crippen LogP contribution is -2.07. The molecule has 0 amide bonds. The average molecular weight is 274 g/mol. The molecular weight excluding hydrogens is 256 g/mol. The van der Waals surface area contributed by atoms with Crippen LogP contribution in [0, 0.1) is 0 Å². The molecule has 20 heavy (non-hydrogen) atoms. The fourth-order valence-electron chi connectivity index (χ4n) is 2.02. The Morgan fingerprint density at radius 2 is 1.95 bits per heavy atom. The van der Waals surface area contributed by atoms with Gasteiger partial charge < -0.3 is 5.11 Å². The fourth-order valence-corrected chi connectivity index (χ4v) is 2.02. The summed E-state index contributed by atoms with van der Waals surface area (Å²) in [5.74, 6) is 0.103. The Hall–Kier alpha value is -2.24. The second-order valence-electron chi connectivity index (χ2n) is 4.69. The first-order valence-corrected chi connectivity index (χ1v) is 6.76. The lowest BCUT2D eigenvalue weighted by Gasteiger charge is -2.04. The molecule has 0 aliphatic rings. The third-order valence-corrected chi connectivity index (χ3v) is 3.07. The number of hydrogen-bond acceptors (Lipinski definition) is 4. The highest BCUT2D eigenvalue weighted by Gasteiger charge is 2.06. The predicted molar refractivity (Wildman–Crippen MR) is 73.2 cm³/mol. The van der Waals surface area contributed by atoms with Gasteiger partial charge in [-0.3, -0.25) is 4.79 Å². The molecule has 2 aromatic rings. The van der Waals surface area contributed by atoms with E-state index in [2.05, 4.69) is 15.5 Å². The molecule has 0 aliphatic carbocycles. The molecule has 0 radical (unpaired) electrons. The smallest absolute Gasteiger partial charge is 0.303 e. The van der Waals surface area contributed by atoms with Gasteiger partial charge in [0.15, 0.2) is 5.82 Å². The summed E-state index contributed by atoms with van der Waals surface area (Å²) in [5, 5.41) is 20.3. The first kappa shape index (κ1) is 14.2. The molecular formula is C14H18N4O2. The van der Waals surface area contributed by atoms with Crippen LogP contribution in [-0.4, -0.2) is 31.3 Å². The van der Waals surface area contributed by atoms with Gasteiger partial charge in [0, 0.05) is 19.4 Å². The molecule has 0 spiro atoms. The van der Waals surface area contributed by atoms with Crippen LogP contribution >= 0.6 is 0 Å². The van der Waals surface area contributed by atoms with E-state index in [1.807, 2.05) is 30.3 Å². The highest BCUT2D eigenvalue weighted by Crippen LogP contribution is 2.07. The van der Waals surface area contributed by atoms with E-state index < -0.39 is 5.97 Å². The summed E-state index contributed by atoms with van der Waals surface area (Å²) in [5.41, 5.74) is 1.18. The number of rotatable bonds is 8. The molecule has 1 heterocycles. The zero-order chi connectivity index (χ0) is 14.2. The lowest BCUT2D eigenvalue weighted by atomic mass is 10.1. The van der Waals surface area contributed by atoms with E-state index in [1.165, 1.54) is 5.56 Å². The van der Waals surface area contributed by atoms with E-state index in [4.69, 9.17) is 5.11 Å². The standard InChI is InChI=1S/C14H18N4O2/c19-14(20)9-5-2-6-10-18-13(15-16-17-18)11-12-7-3-1-4-8-12/h1,3-4,7-8H,2,5-6,9-11H2,(H,19,20). The summed E-state index contributed by atoms with van der Waals surface area (Å²) in [6, 6.07) is 10.1. The highest BCUT2D eigenvalue weighted by molar-refractivity contribution is 5.66. The number of tetrazole rings is 1. The van der Waals surface area contributed by atoms with Gasteiger partial charge in [0.05, 0.1) is 0 Å². The van der Waals surface area contributed by atoms with Crippen molar-refractivity contribution in [3.63, 3.8) is 0 Å². The molecule has 0 bridgehead atoms. The van der Waals surface area contributed by atoms with Gasteiger partial charge in [-0.25, -0.2) is 4.68 Å². The Kier molecular flexibility index (Phi) is 5.23. The minimum absolute atomic E-state index is 0.229.